The maximum Gasteiger partial charge on any atom is 0.119 e. The summed E-state index contributed by atoms with van der Waals surface area (Å²) in [5.41, 5.74) is 0. The maximum atomic E-state index is 5.70. The highest BCUT2D eigenvalue weighted by Crippen LogP contribution is 2.15. The summed E-state index contributed by atoms with van der Waals surface area (Å²) < 4.78 is 5.32. The van der Waals surface area contributed by atoms with E-state index in [0.717, 1.165) is 5.75 Å². The lowest BCUT2D eigenvalue weighted by molar-refractivity contribution is 0.329. The fraction of sp³-hybridized carbons (Fsp3) is 0.222. The molecule has 68 valence electrons. The molecule has 0 fully saturated rings. The Morgan fingerprint density at radius 3 is 2.69 bits per heavy atom. The van der Waals surface area contributed by atoms with Gasteiger partial charge in [-0.3, -0.25) is 0 Å². The van der Waals surface area contributed by atoms with Crippen molar-refractivity contribution in [3.05, 3.63) is 29.3 Å². The number of hydrogen-bond donors (Lipinski definition) is 0. The molecule has 0 radical (unpaired) electrons. The van der Waals surface area contributed by atoms with Crippen LogP contribution in [0.2, 0.25) is 5.02 Å². The van der Waals surface area contributed by atoms with Gasteiger partial charge in [0.05, 0.1) is 11.7 Å². The third-order valence-corrected chi connectivity index (χ3v) is 1.73. The minimum absolute atomic E-state index is 0.505. The molecule has 0 unspecified atom stereocenters. The predicted molar refractivity (Wildman–Crippen MR) is 56.8 cm³/mol. The Balaban J connectivity index is 2.37. The second kappa shape index (κ2) is 5.70. The first-order chi connectivity index (χ1) is 6.33. The molecule has 0 spiro atoms. The zero-order valence-electron chi connectivity index (χ0n) is 6.87. The lowest BCUT2D eigenvalue weighted by Crippen LogP contribution is -2.00. The van der Waals surface area contributed by atoms with Crippen LogP contribution < -0.4 is 4.74 Å². The third-order valence-electron chi connectivity index (χ3n) is 1.35. The summed E-state index contributed by atoms with van der Waals surface area (Å²) in [4.78, 5) is 3.72. The van der Waals surface area contributed by atoms with Crippen LogP contribution in [-0.4, -0.2) is 18.3 Å². The summed E-state index contributed by atoms with van der Waals surface area (Å²) in [5, 5.41) is 2.97. The number of thiocarbonyl (C=S) groups is 1. The lowest BCUT2D eigenvalue weighted by Gasteiger charge is -2.02. The minimum atomic E-state index is 0.505. The second-order valence-corrected chi connectivity index (χ2v) is 2.89. The van der Waals surface area contributed by atoms with Crippen LogP contribution in [0.5, 0.6) is 5.75 Å². The zero-order valence-corrected chi connectivity index (χ0v) is 8.44. The molecule has 4 heteroatoms. The molecule has 1 aromatic carbocycles. The van der Waals surface area contributed by atoms with Gasteiger partial charge in [0, 0.05) is 5.02 Å². The van der Waals surface area contributed by atoms with Crippen molar-refractivity contribution in [1.29, 1.82) is 0 Å². The van der Waals surface area contributed by atoms with Gasteiger partial charge in [-0.25, -0.2) is 4.99 Å². The molecule has 0 aliphatic carbocycles. The van der Waals surface area contributed by atoms with E-state index in [-0.39, 0.29) is 0 Å². The van der Waals surface area contributed by atoms with Gasteiger partial charge >= 0.3 is 0 Å². The van der Waals surface area contributed by atoms with E-state index in [4.69, 9.17) is 16.3 Å². The summed E-state index contributed by atoms with van der Waals surface area (Å²) in [6.45, 7) is 1.04. The summed E-state index contributed by atoms with van der Waals surface area (Å²) in [6.07, 6.45) is 0. The smallest absolute Gasteiger partial charge is 0.119 e. The van der Waals surface area contributed by atoms with Crippen LogP contribution in [0, 0.1) is 0 Å². The molecule has 0 aliphatic rings. The van der Waals surface area contributed by atoms with Gasteiger partial charge in [-0.05, 0) is 36.5 Å². The Morgan fingerprint density at radius 1 is 1.38 bits per heavy atom. The highest BCUT2D eigenvalue weighted by molar-refractivity contribution is 7.78. The van der Waals surface area contributed by atoms with Crippen LogP contribution >= 0.6 is 23.8 Å². The fourth-order valence-corrected chi connectivity index (χ4v) is 1.00. The van der Waals surface area contributed by atoms with Crippen molar-refractivity contribution in [1.82, 2.24) is 0 Å². The SMILES string of the molecule is S=C=NCCOc1ccc(Cl)cc1. The molecule has 0 amide bonds. The highest BCUT2D eigenvalue weighted by Gasteiger charge is 1.91. The minimum Gasteiger partial charge on any atom is -0.492 e. The molecule has 0 aromatic heterocycles. The molecule has 0 saturated heterocycles. The van der Waals surface area contributed by atoms with E-state index in [1.165, 1.54) is 0 Å². The van der Waals surface area contributed by atoms with Gasteiger partial charge in [0.15, 0.2) is 0 Å². The van der Waals surface area contributed by atoms with Crippen LogP contribution in [0.25, 0.3) is 0 Å². The maximum absolute atomic E-state index is 5.70. The Kier molecular flexibility index (Phi) is 4.47. The van der Waals surface area contributed by atoms with Gasteiger partial charge in [-0.15, -0.1) is 0 Å². The number of halogens is 1. The Labute approximate surface area is 87.2 Å². The molecule has 1 aromatic rings. The van der Waals surface area contributed by atoms with Crippen molar-refractivity contribution in [3.63, 3.8) is 0 Å². The van der Waals surface area contributed by atoms with Crippen molar-refractivity contribution < 1.29 is 4.74 Å². The van der Waals surface area contributed by atoms with E-state index in [1.807, 2.05) is 12.1 Å². The van der Waals surface area contributed by atoms with Gasteiger partial charge in [-0.1, -0.05) is 11.6 Å². The second-order valence-electron chi connectivity index (χ2n) is 2.28. The molecule has 0 bridgehead atoms. The van der Waals surface area contributed by atoms with Crippen molar-refractivity contribution in [3.8, 4) is 5.75 Å². The quantitative estimate of drug-likeness (QED) is 0.436. The average Bonchev–Trinajstić information content (AvgIpc) is 2.15. The topological polar surface area (TPSA) is 21.6 Å². The number of ether oxygens (including phenoxy) is 1. The van der Waals surface area contributed by atoms with Gasteiger partial charge in [0.1, 0.15) is 12.4 Å². The van der Waals surface area contributed by atoms with Crippen LogP contribution in [0.15, 0.2) is 29.3 Å². The summed E-state index contributed by atoms with van der Waals surface area (Å²) in [5.74, 6) is 0.781. The molecule has 2 nitrogen and oxygen atoms in total. The van der Waals surface area contributed by atoms with Crippen molar-refractivity contribution in [2.45, 2.75) is 0 Å². The monoisotopic (exact) mass is 213 g/mol. The van der Waals surface area contributed by atoms with E-state index in [1.54, 1.807) is 12.1 Å². The first-order valence-corrected chi connectivity index (χ1v) is 4.53. The molecule has 0 atom stereocenters. The zero-order chi connectivity index (χ0) is 9.52. The summed E-state index contributed by atoms with van der Waals surface area (Å²) >= 11 is 10.1. The number of aliphatic imine (C=N–C) groups is 1. The van der Waals surface area contributed by atoms with Crippen LogP contribution in [-0.2, 0) is 0 Å². The molecule has 0 aliphatic heterocycles. The molecular weight excluding hydrogens is 206 g/mol. The van der Waals surface area contributed by atoms with Gasteiger partial charge in [-0.2, -0.15) is 0 Å². The summed E-state index contributed by atoms with van der Waals surface area (Å²) in [6, 6.07) is 7.17. The summed E-state index contributed by atoms with van der Waals surface area (Å²) in [7, 11) is 0. The van der Waals surface area contributed by atoms with Gasteiger partial charge in [0.25, 0.3) is 0 Å². The fourth-order valence-electron chi connectivity index (χ4n) is 0.786. The van der Waals surface area contributed by atoms with Gasteiger partial charge < -0.3 is 4.74 Å². The molecular formula is C9H8ClNOS. The Hall–Kier alpha value is -0.890. The van der Waals surface area contributed by atoms with E-state index >= 15 is 0 Å². The normalized spacial score (nSPS) is 9.00. The van der Waals surface area contributed by atoms with E-state index in [9.17, 15) is 0 Å². The van der Waals surface area contributed by atoms with Crippen molar-refractivity contribution >= 4 is 29.0 Å². The first kappa shape index (κ1) is 10.2. The highest BCUT2D eigenvalue weighted by atomic mass is 35.5. The molecule has 1 rings (SSSR count). The lowest BCUT2D eigenvalue weighted by atomic mass is 10.3. The van der Waals surface area contributed by atoms with Crippen LogP contribution in [0.3, 0.4) is 0 Å². The molecule has 0 saturated carbocycles. The van der Waals surface area contributed by atoms with Crippen molar-refractivity contribution in [2.24, 2.45) is 4.99 Å². The third kappa shape index (κ3) is 4.04. The van der Waals surface area contributed by atoms with E-state index in [0.29, 0.717) is 18.2 Å². The first-order valence-electron chi connectivity index (χ1n) is 3.75. The number of hydrogen-bond acceptors (Lipinski definition) is 3. The standard InChI is InChI=1S/C9H8ClNOS/c10-8-1-3-9(4-2-8)12-6-5-11-7-13/h1-4H,5-6H2. The number of nitrogens with zero attached hydrogens (tertiary/aromatic N) is 1. The largest absolute Gasteiger partial charge is 0.492 e. The predicted octanol–water partition coefficient (Wildman–Crippen LogP) is 2.82. The number of benzene rings is 1. The van der Waals surface area contributed by atoms with E-state index in [2.05, 4.69) is 22.4 Å². The molecule has 13 heavy (non-hydrogen) atoms. The van der Waals surface area contributed by atoms with Crippen LogP contribution in [0.1, 0.15) is 0 Å². The number of rotatable bonds is 4. The van der Waals surface area contributed by atoms with Crippen LogP contribution in [0.4, 0.5) is 0 Å². The Morgan fingerprint density at radius 2 is 2.08 bits per heavy atom. The Bertz CT molecular complexity index is 306. The average molecular weight is 214 g/mol. The van der Waals surface area contributed by atoms with Gasteiger partial charge in [0.2, 0.25) is 0 Å². The molecule has 0 heterocycles. The molecule has 0 N–H and O–H groups in total. The van der Waals surface area contributed by atoms with E-state index < -0.39 is 0 Å². The number of isothiocyanates is 1. The van der Waals surface area contributed by atoms with Crippen molar-refractivity contribution in [2.75, 3.05) is 13.2 Å².